The monoisotopic (exact) mass is 291 g/mol. The van der Waals surface area contributed by atoms with Gasteiger partial charge in [-0.05, 0) is 32.3 Å². The Morgan fingerprint density at radius 3 is 2.57 bits per heavy atom. The number of amides is 1. The summed E-state index contributed by atoms with van der Waals surface area (Å²) in [5.74, 6) is -0.731. The van der Waals surface area contributed by atoms with E-state index < -0.39 is 5.97 Å². The van der Waals surface area contributed by atoms with Crippen molar-refractivity contribution >= 4 is 11.9 Å². The summed E-state index contributed by atoms with van der Waals surface area (Å²) in [4.78, 5) is 23.2. The number of carboxylic acid groups (broad SMARTS) is 1. The summed E-state index contributed by atoms with van der Waals surface area (Å²) in [7, 11) is 1.60. The van der Waals surface area contributed by atoms with Crippen LogP contribution in [0.5, 0.6) is 5.75 Å². The molecule has 0 aromatic heterocycles. The van der Waals surface area contributed by atoms with Crippen LogP contribution >= 0.6 is 0 Å². The molecular formula is C16H21NO4. The van der Waals surface area contributed by atoms with Gasteiger partial charge in [-0.25, -0.2) is 0 Å². The highest BCUT2D eigenvalue weighted by molar-refractivity contribution is 5.81. The van der Waals surface area contributed by atoms with E-state index in [-0.39, 0.29) is 23.8 Å². The van der Waals surface area contributed by atoms with Gasteiger partial charge in [0.05, 0.1) is 19.1 Å². The second-order valence-electron chi connectivity index (χ2n) is 5.52. The lowest BCUT2D eigenvalue weighted by Gasteiger charge is -2.19. The van der Waals surface area contributed by atoms with Crippen LogP contribution in [0.4, 0.5) is 0 Å². The van der Waals surface area contributed by atoms with Gasteiger partial charge in [0.1, 0.15) is 5.75 Å². The van der Waals surface area contributed by atoms with Gasteiger partial charge >= 0.3 is 5.97 Å². The lowest BCUT2D eigenvalue weighted by molar-refractivity contribution is -0.141. The minimum absolute atomic E-state index is 0.0721. The smallest absolute Gasteiger partial charge is 0.306 e. The third kappa shape index (κ3) is 3.54. The van der Waals surface area contributed by atoms with Gasteiger partial charge in [-0.15, -0.1) is 0 Å². The van der Waals surface area contributed by atoms with Crippen LogP contribution in [0.1, 0.15) is 37.8 Å². The maximum atomic E-state index is 12.3. The number of aliphatic carboxylic acids is 1. The summed E-state index contributed by atoms with van der Waals surface area (Å²) in [5.41, 5.74) is 0.918. The zero-order chi connectivity index (χ0) is 15.4. The normalized spacial score (nSPS) is 22.6. The maximum absolute atomic E-state index is 12.3. The fraction of sp³-hybridized carbons (Fsp3) is 0.500. The van der Waals surface area contributed by atoms with Crippen molar-refractivity contribution in [2.24, 2.45) is 11.8 Å². The molecule has 1 saturated carbocycles. The molecule has 5 heteroatoms. The molecule has 1 aliphatic carbocycles. The van der Waals surface area contributed by atoms with Crippen molar-refractivity contribution in [2.75, 3.05) is 7.11 Å². The third-order valence-electron chi connectivity index (χ3n) is 4.12. The molecular weight excluding hydrogens is 270 g/mol. The van der Waals surface area contributed by atoms with Crippen LogP contribution in [0.2, 0.25) is 0 Å². The van der Waals surface area contributed by atoms with Crippen molar-refractivity contribution in [1.29, 1.82) is 0 Å². The summed E-state index contributed by atoms with van der Waals surface area (Å²) in [6.45, 7) is 1.90. The summed E-state index contributed by atoms with van der Waals surface area (Å²) in [6, 6.07) is 7.38. The summed E-state index contributed by atoms with van der Waals surface area (Å²) >= 11 is 0. The van der Waals surface area contributed by atoms with Crippen LogP contribution in [0.25, 0.3) is 0 Å². The van der Waals surface area contributed by atoms with E-state index in [0.717, 1.165) is 11.3 Å². The number of carboxylic acids is 1. The molecule has 5 nitrogen and oxygen atoms in total. The van der Waals surface area contributed by atoms with E-state index in [1.807, 2.05) is 31.2 Å². The second kappa shape index (κ2) is 6.61. The fourth-order valence-electron chi connectivity index (χ4n) is 2.88. The molecule has 0 bridgehead atoms. The minimum Gasteiger partial charge on any atom is -0.496 e. The molecule has 1 aliphatic rings. The number of para-hydroxylation sites is 1. The molecule has 1 aromatic carbocycles. The van der Waals surface area contributed by atoms with Crippen LogP contribution in [-0.2, 0) is 9.59 Å². The number of carbonyl (C=O) groups excluding carboxylic acids is 1. The van der Waals surface area contributed by atoms with Crippen molar-refractivity contribution in [2.45, 2.75) is 32.2 Å². The first-order valence-corrected chi connectivity index (χ1v) is 7.19. The van der Waals surface area contributed by atoms with Crippen molar-refractivity contribution in [3.05, 3.63) is 29.8 Å². The number of hydrogen-bond acceptors (Lipinski definition) is 3. The van der Waals surface area contributed by atoms with Gasteiger partial charge in [0.15, 0.2) is 0 Å². The Kier molecular flexibility index (Phi) is 4.83. The molecule has 1 fully saturated rings. The highest BCUT2D eigenvalue weighted by atomic mass is 16.5. The van der Waals surface area contributed by atoms with Crippen LogP contribution in [0.3, 0.4) is 0 Å². The Morgan fingerprint density at radius 1 is 1.29 bits per heavy atom. The van der Waals surface area contributed by atoms with Crippen LogP contribution < -0.4 is 10.1 Å². The van der Waals surface area contributed by atoms with E-state index >= 15 is 0 Å². The topological polar surface area (TPSA) is 75.6 Å². The highest BCUT2D eigenvalue weighted by Crippen LogP contribution is 2.32. The molecule has 1 aromatic rings. The van der Waals surface area contributed by atoms with Gasteiger partial charge < -0.3 is 15.2 Å². The minimum atomic E-state index is -0.803. The lowest BCUT2D eigenvalue weighted by Crippen LogP contribution is -2.32. The molecule has 0 aliphatic heterocycles. The zero-order valence-electron chi connectivity index (χ0n) is 12.3. The molecule has 21 heavy (non-hydrogen) atoms. The SMILES string of the molecule is COc1ccccc1[C@@H](C)NC(=O)C1CCC(C(=O)O)C1. The molecule has 0 heterocycles. The van der Waals surface area contributed by atoms with E-state index in [9.17, 15) is 9.59 Å². The van der Waals surface area contributed by atoms with Gasteiger partial charge in [0.25, 0.3) is 0 Å². The third-order valence-corrected chi connectivity index (χ3v) is 4.12. The van der Waals surface area contributed by atoms with Gasteiger partial charge in [0, 0.05) is 11.5 Å². The molecule has 2 rings (SSSR count). The first kappa shape index (κ1) is 15.4. The number of hydrogen-bond donors (Lipinski definition) is 2. The number of carbonyl (C=O) groups is 2. The van der Waals surface area contributed by atoms with E-state index in [2.05, 4.69) is 5.32 Å². The molecule has 2 unspecified atom stereocenters. The Balaban J connectivity index is 1.98. The predicted octanol–water partition coefficient (Wildman–Crippen LogP) is 2.37. The van der Waals surface area contributed by atoms with Gasteiger partial charge in [-0.1, -0.05) is 18.2 Å². The van der Waals surface area contributed by atoms with Crippen molar-refractivity contribution in [1.82, 2.24) is 5.32 Å². The van der Waals surface area contributed by atoms with Gasteiger partial charge in [-0.2, -0.15) is 0 Å². The molecule has 0 radical (unpaired) electrons. The largest absolute Gasteiger partial charge is 0.496 e. The Morgan fingerprint density at radius 2 is 1.95 bits per heavy atom. The summed E-state index contributed by atoms with van der Waals surface area (Å²) in [6.07, 6.45) is 1.65. The van der Waals surface area contributed by atoms with E-state index in [4.69, 9.17) is 9.84 Å². The Bertz CT molecular complexity index is 529. The molecule has 1 amide bonds. The average molecular weight is 291 g/mol. The number of benzene rings is 1. The zero-order valence-corrected chi connectivity index (χ0v) is 12.3. The maximum Gasteiger partial charge on any atom is 0.306 e. The quantitative estimate of drug-likeness (QED) is 0.873. The average Bonchev–Trinajstić information content (AvgIpc) is 2.97. The Hall–Kier alpha value is -2.04. The molecule has 0 saturated heterocycles. The first-order chi connectivity index (χ1) is 10.0. The number of rotatable bonds is 5. The van der Waals surface area contributed by atoms with Crippen molar-refractivity contribution in [3.8, 4) is 5.75 Å². The lowest BCUT2D eigenvalue weighted by atomic mass is 10.0. The number of nitrogens with one attached hydrogen (secondary N) is 1. The fourth-order valence-corrected chi connectivity index (χ4v) is 2.88. The van der Waals surface area contributed by atoms with Crippen LogP contribution in [0.15, 0.2) is 24.3 Å². The van der Waals surface area contributed by atoms with E-state index in [1.165, 1.54) is 0 Å². The van der Waals surface area contributed by atoms with Crippen molar-refractivity contribution < 1.29 is 19.4 Å². The molecule has 114 valence electrons. The first-order valence-electron chi connectivity index (χ1n) is 7.19. The molecule has 3 atom stereocenters. The summed E-state index contributed by atoms with van der Waals surface area (Å²) in [5, 5.41) is 12.0. The van der Waals surface area contributed by atoms with E-state index in [1.54, 1.807) is 7.11 Å². The number of ether oxygens (including phenoxy) is 1. The van der Waals surface area contributed by atoms with Gasteiger partial charge in [0.2, 0.25) is 5.91 Å². The molecule has 2 N–H and O–H groups in total. The van der Waals surface area contributed by atoms with Gasteiger partial charge in [-0.3, -0.25) is 9.59 Å². The molecule has 0 spiro atoms. The van der Waals surface area contributed by atoms with Crippen LogP contribution in [0, 0.1) is 11.8 Å². The van der Waals surface area contributed by atoms with Crippen molar-refractivity contribution in [3.63, 3.8) is 0 Å². The second-order valence-corrected chi connectivity index (χ2v) is 5.52. The Labute approximate surface area is 124 Å². The number of methoxy groups -OCH3 is 1. The standard InChI is InChI=1S/C16H21NO4/c1-10(13-5-3-4-6-14(13)21-2)17-15(18)11-7-8-12(9-11)16(19)20/h3-6,10-12H,7-9H2,1-2H3,(H,17,18)(H,19,20)/t10-,11?,12?/m1/s1. The highest BCUT2D eigenvalue weighted by Gasteiger charge is 2.34. The van der Waals surface area contributed by atoms with Crippen LogP contribution in [-0.4, -0.2) is 24.1 Å². The summed E-state index contributed by atoms with van der Waals surface area (Å²) < 4.78 is 5.29. The predicted molar refractivity (Wildman–Crippen MR) is 78.0 cm³/mol. The van der Waals surface area contributed by atoms with E-state index in [0.29, 0.717) is 19.3 Å².